The lowest BCUT2D eigenvalue weighted by Crippen LogP contribution is -2.33. The van der Waals surface area contributed by atoms with Crippen molar-refractivity contribution in [3.63, 3.8) is 0 Å². The van der Waals surface area contributed by atoms with E-state index in [9.17, 15) is 0 Å². The molecular weight excluding hydrogens is 340 g/mol. The van der Waals surface area contributed by atoms with Crippen LogP contribution in [0.3, 0.4) is 0 Å². The first kappa shape index (κ1) is 18.5. The van der Waals surface area contributed by atoms with Crippen LogP contribution in [0.25, 0.3) is 11.5 Å². The van der Waals surface area contributed by atoms with Crippen molar-refractivity contribution in [1.82, 2.24) is 10.3 Å². The van der Waals surface area contributed by atoms with Crippen molar-refractivity contribution in [2.24, 2.45) is 10.7 Å². The van der Waals surface area contributed by atoms with Crippen molar-refractivity contribution in [2.45, 2.75) is 19.9 Å². The summed E-state index contributed by atoms with van der Waals surface area (Å²) in [6, 6.07) is 16.0. The third-order valence-corrected chi connectivity index (χ3v) is 4.14. The maximum atomic E-state index is 5.93. The van der Waals surface area contributed by atoms with Crippen molar-refractivity contribution < 1.29 is 9.15 Å². The third kappa shape index (κ3) is 5.34. The number of hydrogen-bond acceptors (Lipinski definition) is 4. The number of nitrogens with two attached hydrogens (primary N) is 1. The van der Waals surface area contributed by atoms with E-state index >= 15 is 0 Å². The van der Waals surface area contributed by atoms with Gasteiger partial charge in [0.15, 0.2) is 5.96 Å². The van der Waals surface area contributed by atoms with E-state index in [2.05, 4.69) is 15.3 Å². The van der Waals surface area contributed by atoms with E-state index in [0.29, 0.717) is 24.9 Å². The Kier molecular flexibility index (Phi) is 6.10. The molecule has 0 aliphatic heterocycles. The van der Waals surface area contributed by atoms with E-state index < -0.39 is 0 Å². The first-order valence-electron chi connectivity index (χ1n) is 8.82. The number of methoxy groups -OCH3 is 1. The van der Waals surface area contributed by atoms with Crippen LogP contribution in [-0.2, 0) is 13.0 Å². The highest BCUT2D eigenvalue weighted by Gasteiger charge is 2.06. The van der Waals surface area contributed by atoms with Gasteiger partial charge in [0.25, 0.3) is 0 Å². The first-order chi connectivity index (χ1) is 13.1. The molecule has 0 radical (unpaired) electrons. The van der Waals surface area contributed by atoms with Gasteiger partial charge >= 0.3 is 0 Å². The van der Waals surface area contributed by atoms with Gasteiger partial charge in [0, 0.05) is 12.1 Å². The molecule has 0 saturated heterocycles. The molecule has 0 bridgehead atoms. The first-order valence-corrected chi connectivity index (χ1v) is 8.82. The molecule has 6 nitrogen and oxygen atoms in total. The lowest BCUT2D eigenvalue weighted by atomic mass is 10.1. The van der Waals surface area contributed by atoms with Gasteiger partial charge in [-0.1, -0.05) is 29.8 Å². The highest BCUT2D eigenvalue weighted by molar-refractivity contribution is 5.77. The molecule has 0 saturated carbocycles. The predicted octanol–water partition coefficient (Wildman–Crippen LogP) is 3.31. The zero-order valence-corrected chi connectivity index (χ0v) is 15.6. The summed E-state index contributed by atoms with van der Waals surface area (Å²) in [6.07, 6.45) is 2.46. The molecule has 0 amide bonds. The zero-order valence-electron chi connectivity index (χ0n) is 15.6. The SMILES string of the molecule is COc1ccc(CCNC(N)=NCc2coc(-c3ccc(C)cc3)n2)cc1. The summed E-state index contributed by atoms with van der Waals surface area (Å²) in [7, 11) is 1.66. The van der Waals surface area contributed by atoms with Crippen LogP contribution >= 0.6 is 0 Å². The van der Waals surface area contributed by atoms with Gasteiger partial charge in [-0.15, -0.1) is 0 Å². The van der Waals surface area contributed by atoms with Crippen molar-refractivity contribution in [2.75, 3.05) is 13.7 Å². The highest BCUT2D eigenvalue weighted by Crippen LogP contribution is 2.19. The van der Waals surface area contributed by atoms with Gasteiger partial charge in [-0.25, -0.2) is 9.98 Å². The van der Waals surface area contributed by atoms with Gasteiger partial charge in [0.1, 0.15) is 17.7 Å². The van der Waals surface area contributed by atoms with Crippen molar-refractivity contribution >= 4 is 5.96 Å². The summed E-state index contributed by atoms with van der Waals surface area (Å²) in [5, 5.41) is 3.11. The Morgan fingerprint density at radius 2 is 1.89 bits per heavy atom. The normalized spacial score (nSPS) is 11.4. The van der Waals surface area contributed by atoms with Crippen LogP contribution in [0, 0.1) is 6.92 Å². The van der Waals surface area contributed by atoms with Crippen LogP contribution in [0.1, 0.15) is 16.8 Å². The van der Waals surface area contributed by atoms with E-state index in [0.717, 1.165) is 23.4 Å². The van der Waals surface area contributed by atoms with Crippen LogP contribution in [0.4, 0.5) is 0 Å². The molecule has 3 rings (SSSR count). The third-order valence-electron chi connectivity index (χ3n) is 4.14. The Balaban J connectivity index is 1.48. The van der Waals surface area contributed by atoms with Crippen molar-refractivity contribution in [1.29, 1.82) is 0 Å². The van der Waals surface area contributed by atoms with Crippen LogP contribution in [-0.4, -0.2) is 24.6 Å². The summed E-state index contributed by atoms with van der Waals surface area (Å²) in [6.45, 7) is 3.12. The summed E-state index contributed by atoms with van der Waals surface area (Å²) >= 11 is 0. The molecule has 3 N–H and O–H groups in total. The lowest BCUT2D eigenvalue weighted by Gasteiger charge is -2.06. The highest BCUT2D eigenvalue weighted by atomic mass is 16.5. The van der Waals surface area contributed by atoms with Gasteiger partial charge in [0.05, 0.1) is 13.7 Å². The minimum atomic E-state index is 0.372. The smallest absolute Gasteiger partial charge is 0.226 e. The lowest BCUT2D eigenvalue weighted by molar-refractivity contribution is 0.414. The molecule has 2 aromatic carbocycles. The molecule has 0 aliphatic rings. The molecule has 27 heavy (non-hydrogen) atoms. The largest absolute Gasteiger partial charge is 0.497 e. The van der Waals surface area contributed by atoms with Gasteiger partial charge in [-0.05, 0) is 43.2 Å². The zero-order chi connectivity index (χ0) is 19.1. The summed E-state index contributed by atoms with van der Waals surface area (Å²) in [5.74, 6) is 1.83. The molecule has 0 spiro atoms. The number of guanidine groups is 1. The molecule has 0 unspecified atom stereocenters. The number of aromatic nitrogens is 1. The Hall–Kier alpha value is -3.28. The molecule has 140 valence electrons. The van der Waals surface area contributed by atoms with Crippen LogP contribution in [0.15, 0.2) is 64.2 Å². The fraction of sp³-hybridized carbons (Fsp3) is 0.238. The van der Waals surface area contributed by atoms with E-state index in [1.165, 1.54) is 11.1 Å². The van der Waals surface area contributed by atoms with Gasteiger partial charge in [-0.3, -0.25) is 0 Å². The van der Waals surface area contributed by atoms with Crippen LogP contribution in [0.2, 0.25) is 0 Å². The Morgan fingerprint density at radius 1 is 1.15 bits per heavy atom. The number of oxazole rings is 1. The van der Waals surface area contributed by atoms with Gasteiger partial charge < -0.3 is 20.2 Å². The summed E-state index contributed by atoms with van der Waals surface area (Å²) < 4.78 is 10.7. The molecule has 0 aliphatic carbocycles. The Bertz CT molecular complexity index is 883. The number of nitrogens with one attached hydrogen (secondary N) is 1. The summed E-state index contributed by atoms with van der Waals surface area (Å²) in [4.78, 5) is 8.77. The second-order valence-electron chi connectivity index (χ2n) is 6.24. The molecule has 3 aromatic rings. The van der Waals surface area contributed by atoms with E-state index in [4.69, 9.17) is 14.9 Å². The number of nitrogens with zero attached hydrogens (tertiary/aromatic N) is 2. The quantitative estimate of drug-likeness (QED) is 0.496. The number of hydrogen-bond donors (Lipinski definition) is 2. The fourth-order valence-corrected chi connectivity index (χ4v) is 2.56. The number of aliphatic imine (C=N–C) groups is 1. The minimum Gasteiger partial charge on any atom is -0.497 e. The summed E-state index contributed by atoms with van der Waals surface area (Å²) in [5.41, 5.74) is 10.0. The standard InChI is InChI=1S/C21H24N4O2/c1-15-3-7-17(8-4-15)20-25-18(14-27-20)13-24-21(22)23-12-11-16-5-9-19(26-2)10-6-16/h3-10,14H,11-13H2,1-2H3,(H3,22,23,24). The number of benzene rings is 2. The molecule has 0 atom stereocenters. The number of rotatable bonds is 7. The average molecular weight is 364 g/mol. The van der Waals surface area contributed by atoms with Gasteiger partial charge in [-0.2, -0.15) is 0 Å². The minimum absolute atomic E-state index is 0.372. The Morgan fingerprint density at radius 3 is 2.59 bits per heavy atom. The molecule has 6 heteroatoms. The van der Waals surface area contributed by atoms with Crippen LogP contribution in [0.5, 0.6) is 5.75 Å². The molecule has 1 aromatic heterocycles. The number of ether oxygens (including phenoxy) is 1. The maximum absolute atomic E-state index is 5.93. The van der Waals surface area contributed by atoms with E-state index in [1.807, 2.05) is 55.5 Å². The van der Waals surface area contributed by atoms with E-state index in [1.54, 1.807) is 13.4 Å². The van der Waals surface area contributed by atoms with E-state index in [-0.39, 0.29) is 0 Å². The molecule has 1 heterocycles. The molecular formula is C21H24N4O2. The maximum Gasteiger partial charge on any atom is 0.226 e. The fourth-order valence-electron chi connectivity index (χ4n) is 2.56. The monoisotopic (exact) mass is 364 g/mol. The van der Waals surface area contributed by atoms with Gasteiger partial charge in [0.2, 0.25) is 5.89 Å². The molecule has 0 fully saturated rings. The Labute approximate surface area is 159 Å². The number of aryl methyl sites for hydroxylation is 1. The van der Waals surface area contributed by atoms with Crippen LogP contribution < -0.4 is 15.8 Å². The van der Waals surface area contributed by atoms with Crippen molar-refractivity contribution in [3.05, 3.63) is 71.6 Å². The predicted molar refractivity (Wildman–Crippen MR) is 107 cm³/mol. The van der Waals surface area contributed by atoms with Crippen molar-refractivity contribution in [3.8, 4) is 17.2 Å². The second-order valence-corrected chi connectivity index (χ2v) is 6.24. The topological polar surface area (TPSA) is 85.7 Å². The average Bonchev–Trinajstić information content (AvgIpc) is 3.16. The second kappa shape index (κ2) is 8.89.